The lowest BCUT2D eigenvalue weighted by atomic mass is 10.1. The number of aliphatic carboxylic acids is 2. The fourth-order valence-electron chi connectivity index (χ4n) is 4.09. The molecule has 3 atom stereocenters. The first-order chi connectivity index (χ1) is 18.2. The summed E-state index contributed by atoms with van der Waals surface area (Å²) in [4.78, 5) is 24.9. The standard InChI is InChI=1S/C20H26N2O2S.2C2HF3O2/c1-15-3-2-4-18(21-15)13-23-12-17-9-19-20(10-17)24-7-6-22(19)11-16-5-8-25-14-16;2*3-2(4,5)1(6)7/h2-5,8,14,17,19-20H,6-7,9-13H2,1H3;2*(H,6,7). The highest BCUT2D eigenvalue weighted by Crippen LogP contribution is 2.35. The predicted octanol–water partition coefficient (Wildman–Crippen LogP) is 4.91. The van der Waals surface area contributed by atoms with Crippen LogP contribution in [-0.4, -0.2) is 76.3 Å². The minimum absolute atomic E-state index is 0.373. The molecule has 218 valence electrons. The fourth-order valence-corrected chi connectivity index (χ4v) is 4.75. The highest BCUT2D eigenvalue weighted by molar-refractivity contribution is 7.07. The van der Waals surface area contributed by atoms with Crippen LogP contribution in [0.5, 0.6) is 0 Å². The van der Waals surface area contributed by atoms with Gasteiger partial charge < -0.3 is 19.7 Å². The van der Waals surface area contributed by atoms with E-state index in [1.54, 1.807) is 11.3 Å². The van der Waals surface area contributed by atoms with Gasteiger partial charge in [-0.25, -0.2) is 9.59 Å². The summed E-state index contributed by atoms with van der Waals surface area (Å²) in [5.74, 6) is -4.93. The average Bonchev–Trinajstić information content (AvgIpc) is 3.49. The van der Waals surface area contributed by atoms with E-state index in [9.17, 15) is 26.3 Å². The normalized spacial score (nSPS) is 21.2. The molecular formula is C24H28F6N2O6S. The number of hydrogen-bond donors (Lipinski definition) is 2. The van der Waals surface area contributed by atoms with Gasteiger partial charge in [0.2, 0.25) is 0 Å². The number of aromatic nitrogens is 1. The van der Waals surface area contributed by atoms with Crippen LogP contribution >= 0.6 is 11.3 Å². The third-order valence-electron chi connectivity index (χ3n) is 5.75. The van der Waals surface area contributed by atoms with Crippen molar-refractivity contribution in [1.82, 2.24) is 9.88 Å². The van der Waals surface area contributed by atoms with E-state index >= 15 is 0 Å². The fraction of sp³-hybridized carbons (Fsp3) is 0.542. The number of pyridine rings is 1. The molecular weight excluding hydrogens is 558 g/mol. The molecule has 4 rings (SSSR count). The molecule has 0 amide bonds. The van der Waals surface area contributed by atoms with Gasteiger partial charge in [0.1, 0.15) is 0 Å². The van der Waals surface area contributed by atoms with Crippen LogP contribution in [0.4, 0.5) is 26.3 Å². The number of hydrogen-bond acceptors (Lipinski definition) is 7. The largest absolute Gasteiger partial charge is 0.490 e. The molecule has 2 aliphatic rings. The third-order valence-corrected chi connectivity index (χ3v) is 6.48. The van der Waals surface area contributed by atoms with Gasteiger partial charge in [0.15, 0.2) is 0 Å². The molecule has 3 unspecified atom stereocenters. The number of carboxylic acids is 2. The van der Waals surface area contributed by atoms with Crippen molar-refractivity contribution in [3.05, 3.63) is 52.0 Å². The summed E-state index contributed by atoms with van der Waals surface area (Å²) in [5.41, 5.74) is 3.49. The minimum Gasteiger partial charge on any atom is -0.475 e. The minimum atomic E-state index is -5.08. The van der Waals surface area contributed by atoms with Crippen molar-refractivity contribution in [2.45, 2.75) is 57.4 Å². The van der Waals surface area contributed by atoms with Gasteiger partial charge in [0, 0.05) is 24.8 Å². The molecule has 2 aromatic heterocycles. The van der Waals surface area contributed by atoms with Crippen LogP contribution in [-0.2, 0) is 32.2 Å². The van der Waals surface area contributed by atoms with Gasteiger partial charge in [-0.1, -0.05) is 6.07 Å². The van der Waals surface area contributed by atoms with Gasteiger partial charge in [0.25, 0.3) is 0 Å². The third kappa shape index (κ3) is 11.5. The average molecular weight is 587 g/mol. The Balaban J connectivity index is 0.000000317. The summed E-state index contributed by atoms with van der Waals surface area (Å²) in [6, 6.07) is 8.87. The van der Waals surface area contributed by atoms with Crippen molar-refractivity contribution < 1.29 is 55.6 Å². The van der Waals surface area contributed by atoms with Crippen LogP contribution in [0.2, 0.25) is 0 Å². The van der Waals surface area contributed by atoms with Crippen molar-refractivity contribution in [2.75, 3.05) is 19.8 Å². The Kier molecular flexibility index (Phi) is 12.1. The smallest absolute Gasteiger partial charge is 0.475 e. The Bertz CT molecular complexity index is 1030. The Morgan fingerprint density at radius 2 is 1.74 bits per heavy atom. The SMILES string of the molecule is Cc1cccc(COCC2CC3OCCN(Cc4ccsc4)C3C2)n1.O=C(O)C(F)(F)F.O=C(O)C(F)(F)F. The molecule has 39 heavy (non-hydrogen) atoms. The van der Waals surface area contributed by atoms with E-state index in [1.165, 1.54) is 12.0 Å². The lowest BCUT2D eigenvalue weighted by molar-refractivity contribution is -0.193. The van der Waals surface area contributed by atoms with E-state index in [4.69, 9.17) is 29.3 Å². The number of aryl methyl sites for hydroxylation is 1. The van der Waals surface area contributed by atoms with Crippen molar-refractivity contribution in [2.24, 2.45) is 5.92 Å². The number of rotatable bonds is 6. The molecule has 8 nitrogen and oxygen atoms in total. The van der Waals surface area contributed by atoms with E-state index < -0.39 is 24.3 Å². The summed E-state index contributed by atoms with van der Waals surface area (Å²) in [7, 11) is 0. The molecule has 0 bridgehead atoms. The van der Waals surface area contributed by atoms with Crippen LogP contribution in [0.1, 0.15) is 29.8 Å². The molecule has 2 N–H and O–H groups in total. The van der Waals surface area contributed by atoms with E-state index in [-0.39, 0.29) is 0 Å². The van der Waals surface area contributed by atoms with Crippen molar-refractivity contribution in [3.63, 3.8) is 0 Å². The van der Waals surface area contributed by atoms with Crippen molar-refractivity contribution in [1.29, 1.82) is 0 Å². The topological polar surface area (TPSA) is 109 Å². The van der Waals surface area contributed by atoms with Gasteiger partial charge >= 0.3 is 24.3 Å². The second-order valence-electron chi connectivity index (χ2n) is 8.81. The number of fused-ring (bicyclic) bond motifs is 1. The van der Waals surface area contributed by atoms with Crippen LogP contribution < -0.4 is 0 Å². The van der Waals surface area contributed by atoms with Gasteiger partial charge in [-0.2, -0.15) is 37.7 Å². The van der Waals surface area contributed by atoms with Crippen molar-refractivity contribution >= 4 is 23.3 Å². The van der Waals surface area contributed by atoms with Crippen LogP contribution in [0.25, 0.3) is 0 Å². The zero-order valence-electron chi connectivity index (χ0n) is 20.7. The van der Waals surface area contributed by atoms with Crippen LogP contribution in [0.15, 0.2) is 35.0 Å². The maximum atomic E-state index is 10.6. The molecule has 0 spiro atoms. The highest BCUT2D eigenvalue weighted by Gasteiger charge is 2.41. The maximum absolute atomic E-state index is 10.6. The van der Waals surface area contributed by atoms with Gasteiger partial charge in [-0.05, 0) is 60.2 Å². The second kappa shape index (κ2) is 14.6. The van der Waals surface area contributed by atoms with Gasteiger partial charge in [-0.15, -0.1) is 0 Å². The van der Waals surface area contributed by atoms with E-state index in [2.05, 4.69) is 26.7 Å². The van der Waals surface area contributed by atoms with E-state index in [1.807, 2.05) is 25.1 Å². The Labute approximate surface area is 224 Å². The van der Waals surface area contributed by atoms with E-state index in [0.29, 0.717) is 24.7 Å². The number of alkyl halides is 6. The number of carbonyl (C=O) groups is 2. The lowest BCUT2D eigenvalue weighted by Crippen LogP contribution is -2.47. The predicted molar refractivity (Wildman–Crippen MR) is 127 cm³/mol. The van der Waals surface area contributed by atoms with Crippen LogP contribution in [0, 0.1) is 12.8 Å². The first kappa shape index (κ1) is 32.5. The number of ether oxygens (including phenoxy) is 2. The molecule has 1 saturated heterocycles. The molecule has 2 aromatic rings. The van der Waals surface area contributed by atoms with Gasteiger partial charge in [-0.3, -0.25) is 9.88 Å². The monoisotopic (exact) mass is 586 g/mol. The number of carboxylic acid groups (broad SMARTS) is 2. The van der Waals surface area contributed by atoms with Crippen molar-refractivity contribution in [3.8, 4) is 0 Å². The molecule has 1 saturated carbocycles. The number of nitrogens with zero attached hydrogens (tertiary/aromatic N) is 2. The van der Waals surface area contributed by atoms with Crippen LogP contribution in [0.3, 0.4) is 0 Å². The molecule has 1 aliphatic carbocycles. The molecule has 0 aromatic carbocycles. The number of halogens is 6. The second-order valence-corrected chi connectivity index (χ2v) is 9.59. The maximum Gasteiger partial charge on any atom is 0.490 e. The first-order valence-electron chi connectivity index (χ1n) is 11.6. The molecule has 15 heteroatoms. The van der Waals surface area contributed by atoms with Gasteiger partial charge in [0.05, 0.1) is 31.6 Å². The summed E-state index contributed by atoms with van der Waals surface area (Å²) in [6.45, 7) is 6.37. The number of thiophene rings is 1. The molecule has 2 fully saturated rings. The van der Waals surface area contributed by atoms with E-state index in [0.717, 1.165) is 44.1 Å². The molecule has 1 aliphatic heterocycles. The summed E-state index contributed by atoms with van der Waals surface area (Å²) >= 11 is 1.78. The Hall–Kier alpha value is -2.75. The molecule has 0 radical (unpaired) electrons. The summed E-state index contributed by atoms with van der Waals surface area (Å²) < 4.78 is 75.5. The number of morpholine rings is 1. The first-order valence-corrected chi connectivity index (χ1v) is 12.6. The lowest BCUT2D eigenvalue weighted by Gasteiger charge is -2.37. The zero-order chi connectivity index (χ0) is 29.2. The Morgan fingerprint density at radius 1 is 1.10 bits per heavy atom. The quantitative estimate of drug-likeness (QED) is 0.460. The molecule has 3 heterocycles. The summed E-state index contributed by atoms with van der Waals surface area (Å²) in [5, 5.41) is 18.7. The Morgan fingerprint density at radius 3 is 2.28 bits per heavy atom. The zero-order valence-corrected chi connectivity index (χ0v) is 21.6. The highest BCUT2D eigenvalue weighted by atomic mass is 32.1. The summed E-state index contributed by atoms with van der Waals surface area (Å²) in [6.07, 6.45) is -7.50.